The molecule has 2 aromatic carbocycles. The number of halogens is 1. The van der Waals surface area contributed by atoms with Crippen LogP contribution >= 0.6 is 11.6 Å². The zero-order valence-electron chi connectivity index (χ0n) is 15.3. The van der Waals surface area contributed by atoms with Crippen molar-refractivity contribution in [1.82, 2.24) is 9.40 Å². The number of hydrazone groups is 1. The molecule has 0 fully saturated rings. The Morgan fingerprint density at radius 1 is 1.04 bits per heavy atom. The largest absolute Gasteiger partial charge is 0.318 e. The fourth-order valence-corrected chi connectivity index (χ4v) is 3.84. The van der Waals surface area contributed by atoms with E-state index >= 15 is 0 Å². The fourth-order valence-electron chi connectivity index (χ4n) is 2.87. The molecule has 0 bridgehead atoms. The van der Waals surface area contributed by atoms with Crippen LogP contribution in [0.2, 0.25) is 5.02 Å². The molecule has 1 heterocycles. The quantitative estimate of drug-likeness (QED) is 0.509. The molecule has 3 aromatic rings. The lowest BCUT2D eigenvalue weighted by Gasteiger charge is -2.09. The number of nitrogens with zero attached hydrogens (tertiary/aromatic N) is 2. The van der Waals surface area contributed by atoms with E-state index in [1.165, 1.54) is 6.21 Å². The van der Waals surface area contributed by atoms with Crippen LogP contribution in [-0.4, -0.2) is 19.2 Å². The summed E-state index contributed by atoms with van der Waals surface area (Å²) in [6.07, 6.45) is 1.51. The highest BCUT2D eigenvalue weighted by Crippen LogP contribution is 2.22. The van der Waals surface area contributed by atoms with E-state index in [1.54, 1.807) is 24.3 Å². The maximum Gasteiger partial charge on any atom is 0.276 e. The van der Waals surface area contributed by atoms with Crippen molar-refractivity contribution in [1.29, 1.82) is 0 Å². The number of hydrogen-bond donors (Lipinski definition) is 1. The summed E-state index contributed by atoms with van der Waals surface area (Å²) in [5.74, 6) is 0. The summed E-state index contributed by atoms with van der Waals surface area (Å²) < 4.78 is 26.7. The van der Waals surface area contributed by atoms with E-state index in [0.717, 1.165) is 28.2 Å². The molecule has 1 aromatic heterocycles. The van der Waals surface area contributed by atoms with Crippen LogP contribution in [0.1, 0.15) is 22.5 Å². The second kappa shape index (κ2) is 7.58. The molecule has 5 nitrogen and oxygen atoms in total. The number of benzene rings is 2. The van der Waals surface area contributed by atoms with Crippen LogP contribution in [0.4, 0.5) is 0 Å². The second-order valence-electron chi connectivity index (χ2n) is 6.31. The van der Waals surface area contributed by atoms with E-state index in [2.05, 4.69) is 9.93 Å². The average Bonchev–Trinajstić information content (AvgIpc) is 2.89. The molecule has 0 aliphatic carbocycles. The summed E-state index contributed by atoms with van der Waals surface area (Å²) in [4.78, 5) is 2.43. The van der Waals surface area contributed by atoms with E-state index < -0.39 is 10.0 Å². The van der Waals surface area contributed by atoms with Crippen molar-refractivity contribution >= 4 is 27.8 Å². The van der Waals surface area contributed by atoms with Crippen LogP contribution in [0.3, 0.4) is 0 Å². The van der Waals surface area contributed by atoms with Gasteiger partial charge in [-0.3, -0.25) is 0 Å². The van der Waals surface area contributed by atoms with E-state index in [9.17, 15) is 8.42 Å². The Morgan fingerprint density at radius 2 is 1.74 bits per heavy atom. The van der Waals surface area contributed by atoms with Gasteiger partial charge in [0.2, 0.25) is 0 Å². The first-order chi connectivity index (χ1) is 12.8. The van der Waals surface area contributed by atoms with Gasteiger partial charge in [0.25, 0.3) is 10.0 Å². The predicted molar refractivity (Wildman–Crippen MR) is 109 cm³/mol. The minimum Gasteiger partial charge on any atom is -0.318 e. The highest BCUT2D eigenvalue weighted by atomic mass is 35.5. The van der Waals surface area contributed by atoms with E-state index in [1.807, 2.05) is 55.7 Å². The molecule has 0 unspecified atom stereocenters. The highest BCUT2D eigenvalue weighted by Gasteiger charge is 2.13. The van der Waals surface area contributed by atoms with Gasteiger partial charge in [-0.2, -0.15) is 13.5 Å². The van der Waals surface area contributed by atoms with Crippen molar-refractivity contribution in [2.75, 3.05) is 0 Å². The van der Waals surface area contributed by atoms with Gasteiger partial charge in [0, 0.05) is 27.7 Å². The first-order valence-corrected chi connectivity index (χ1v) is 10.2. The van der Waals surface area contributed by atoms with Gasteiger partial charge in [-0.15, -0.1) is 0 Å². The van der Waals surface area contributed by atoms with Crippen LogP contribution in [-0.2, 0) is 10.0 Å². The summed E-state index contributed by atoms with van der Waals surface area (Å²) in [5, 5.41) is 4.59. The van der Waals surface area contributed by atoms with Crippen molar-refractivity contribution in [2.45, 2.75) is 25.7 Å². The van der Waals surface area contributed by atoms with Crippen molar-refractivity contribution in [3.63, 3.8) is 0 Å². The van der Waals surface area contributed by atoms with E-state index in [0.29, 0.717) is 5.02 Å². The third-order valence-corrected chi connectivity index (χ3v) is 5.72. The Labute approximate surface area is 164 Å². The number of aromatic nitrogens is 1. The van der Waals surface area contributed by atoms with Gasteiger partial charge in [0.1, 0.15) is 0 Å². The molecular formula is C20H20ClN3O2S. The first-order valence-electron chi connectivity index (χ1n) is 8.34. The molecular weight excluding hydrogens is 382 g/mol. The molecule has 0 saturated carbocycles. The van der Waals surface area contributed by atoms with E-state index in [4.69, 9.17) is 11.6 Å². The summed E-state index contributed by atoms with van der Waals surface area (Å²) in [6.45, 7) is 5.82. The van der Waals surface area contributed by atoms with Crippen LogP contribution in [0.5, 0.6) is 0 Å². The van der Waals surface area contributed by atoms with Crippen molar-refractivity contribution in [3.8, 4) is 5.69 Å². The SMILES string of the molecule is Cc1ccc(S(=O)(=O)NN=Cc2cc(C)n(-c3cccc(Cl)c3)c2C)cc1. The maximum atomic E-state index is 12.3. The third-order valence-electron chi connectivity index (χ3n) is 4.24. The van der Waals surface area contributed by atoms with Gasteiger partial charge in [-0.25, -0.2) is 4.83 Å². The molecule has 0 aliphatic heterocycles. The van der Waals surface area contributed by atoms with Gasteiger partial charge in [0.15, 0.2) is 0 Å². The Kier molecular flexibility index (Phi) is 5.39. The van der Waals surface area contributed by atoms with Gasteiger partial charge in [-0.05, 0) is 57.2 Å². The van der Waals surface area contributed by atoms with Crippen molar-refractivity contribution in [3.05, 3.63) is 82.1 Å². The van der Waals surface area contributed by atoms with Crippen LogP contribution < -0.4 is 4.83 Å². The molecule has 27 heavy (non-hydrogen) atoms. The average molecular weight is 402 g/mol. The Balaban J connectivity index is 1.84. The summed E-state index contributed by atoms with van der Waals surface area (Å²) in [5.41, 5.74) is 4.69. The smallest absolute Gasteiger partial charge is 0.276 e. The third kappa shape index (κ3) is 4.23. The fraction of sp³-hybridized carbons (Fsp3) is 0.150. The standard InChI is InChI=1S/C20H20ClN3O2S/c1-14-7-9-20(10-8-14)27(25,26)23-22-13-17-11-15(2)24(16(17)3)19-6-4-5-18(21)12-19/h4-13,23H,1-3H3. The monoisotopic (exact) mass is 401 g/mol. The number of aryl methyl sites for hydroxylation is 2. The number of hydrogen-bond acceptors (Lipinski definition) is 3. The number of rotatable bonds is 5. The minimum atomic E-state index is -3.69. The molecule has 7 heteroatoms. The Hall–Kier alpha value is -2.57. The molecule has 0 saturated heterocycles. The van der Waals surface area contributed by atoms with Crippen molar-refractivity contribution in [2.24, 2.45) is 5.10 Å². The molecule has 0 atom stereocenters. The molecule has 1 N–H and O–H groups in total. The van der Waals surface area contributed by atoms with Gasteiger partial charge in [-0.1, -0.05) is 35.4 Å². The van der Waals surface area contributed by atoms with Crippen LogP contribution in [0.25, 0.3) is 5.69 Å². The van der Waals surface area contributed by atoms with E-state index in [-0.39, 0.29) is 4.90 Å². The highest BCUT2D eigenvalue weighted by molar-refractivity contribution is 7.89. The molecule has 0 radical (unpaired) electrons. The van der Waals surface area contributed by atoms with Gasteiger partial charge in [0.05, 0.1) is 11.1 Å². The maximum absolute atomic E-state index is 12.3. The lowest BCUT2D eigenvalue weighted by Crippen LogP contribution is -2.18. The zero-order chi connectivity index (χ0) is 19.6. The molecule has 140 valence electrons. The molecule has 0 spiro atoms. The molecule has 0 amide bonds. The molecule has 3 rings (SSSR count). The minimum absolute atomic E-state index is 0.176. The zero-order valence-corrected chi connectivity index (χ0v) is 16.8. The lowest BCUT2D eigenvalue weighted by molar-refractivity contribution is 0.584. The Bertz CT molecular complexity index is 1100. The van der Waals surface area contributed by atoms with Crippen LogP contribution in [0, 0.1) is 20.8 Å². The normalized spacial score (nSPS) is 11.9. The Morgan fingerprint density at radius 3 is 2.41 bits per heavy atom. The van der Waals surface area contributed by atoms with Crippen molar-refractivity contribution < 1.29 is 8.42 Å². The van der Waals surface area contributed by atoms with Crippen LogP contribution in [0.15, 0.2) is 64.6 Å². The number of nitrogens with one attached hydrogen (secondary N) is 1. The summed E-state index contributed by atoms with van der Waals surface area (Å²) in [7, 11) is -3.69. The topological polar surface area (TPSA) is 63.5 Å². The van der Waals surface area contributed by atoms with Gasteiger partial charge >= 0.3 is 0 Å². The van der Waals surface area contributed by atoms with Gasteiger partial charge < -0.3 is 4.57 Å². The second-order valence-corrected chi connectivity index (χ2v) is 8.41. The molecule has 0 aliphatic rings. The first kappa shape index (κ1) is 19.2. The lowest BCUT2D eigenvalue weighted by atomic mass is 10.2. The summed E-state index contributed by atoms with van der Waals surface area (Å²) >= 11 is 6.09. The number of sulfonamides is 1. The summed E-state index contributed by atoms with van der Waals surface area (Å²) in [6, 6.07) is 16.1. The predicted octanol–water partition coefficient (Wildman–Crippen LogP) is 4.37.